The highest BCUT2D eigenvalue weighted by Crippen LogP contribution is 2.61. The number of aliphatic hydroxyl groups excluding tert-OH is 1. The van der Waals surface area contributed by atoms with E-state index in [1.807, 2.05) is 6.92 Å². The number of carbonyl (C=O) groups is 3. The van der Waals surface area contributed by atoms with Crippen LogP contribution in [0.3, 0.4) is 0 Å². The van der Waals surface area contributed by atoms with Crippen LogP contribution in [-0.4, -0.2) is 54.0 Å². The van der Waals surface area contributed by atoms with Gasteiger partial charge in [0.1, 0.15) is 25.1 Å². The van der Waals surface area contributed by atoms with Crippen LogP contribution in [0.5, 0.6) is 5.75 Å². The van der Waals surface area contributed by atoms with Gasteiger partial charge in [-0.15, -0.1) is 0 Å². The van der Waals surface area contributed by atoms with E-state index in [0.717, 1.165) is 12.0 Å². The van der Waals surface area contributed by atoms with Crippen LogP contribution in [0.25, 0.3) is 0 Å². The number of hydrogen-bond donors (Lipinski definition) is 2. The summed E-state index contributed by atoms with van der Waals surface area (Å²) in [5.41, 5.74) is 0.164. The summed E-state index contributed by atoms with van der Waals surface area (Å²) in [6.45, 7) is 3.29. The van der Waals surface area contributed by atoms with Crippen molar-refractivity contribution >= 4 is 17.9 Å². The molecule has 1 heterocycles. The molecule has 32 heavy (non-hydrogen) atoms. The van der Waals surface area contributed by atoms with Crippen molar-refractivity contribution in [1.82, 2.24) is 0 Å². The molecule has 2 N–H and O–H groups in total. The second-order valence-corrected chi connectivity index (χ2v) is 9.31. The standard InChI is InChI=1S/C24H28O8/c1-14(26)31-13-24-9-3-8-23(2,12-25)20(24)19(10-17-18(24)11-30-22(17)29)32-21(28)15-4-6-16(27)7-5-15/h4-7,19-20,25,27H,3,8-13H2,1-2H3/t19-,20+,23-,24+/m1/s1. The first-order chi connectivity index (χ1) is 15.2. The van der Waals surface area contributed by atoms with E-state index in [1.54, 1.807) is 0 Å². The Morgan fingerprint density at radius 1 is 1.22 bits per heavy atom. The lowest BCUT2D eigenvalue weighted by molar-refractivity contribution is -0.159. The molecular formula is C24H28O8. The zero-order valence-corrected chi connectivity index (χ0v) is 18.3. The number of ether oxygens (including phenoxy) is 3. The molecule has 0 spiro atoms. The van der Waals surface area contributed by atoms with Gasteiger partial charge in [0, 0.05) is 36.9 Å². The predicted octanol–water partition coefficient (Wildman–Crippen LogP) is 2.52. The van der Waals surface area contributed by atoms with Gasteiger partial charge >= 0.3 is 17.9 Å². The average molecular weight is 444 g/mol. The van der Waals surface area contributed by atoms with Crippen LogP contribution in [0.2, 0.25) is 0 Å². The van der Waals surface area contributed by atoms with Gasteiger partial charge in [0.25, 0.3) is 0 Å². The maximum atomic E-state index is 13.0. The Balaban J connectivity index is 1.77. The quantitative estimate of drug-likeness (QED) is 0.525. The van der Waals surface area contributed by atoms with E-state index < -0.39 is 34.8 Å². The van der Waals surface area contributed by atoms with Crippen LogP contribution in [0.1, 0.15) is 49.9 Å². The maximum absolute atomic E-state index is 13.0. The minimum atomic E-state index is -0.763. The molecule has 1 aliphatic heterocycles. The summed E-state index contributed by atoms with van der Waals surface area (Å²) in [6.07, 6.45) is 1.57. The van der Waals surface area contributed by atoms with Gasteiger partial charge in [0.15, 0.2) is 0 Å². The molecule has 4 atom stereocenters. The number of benzene rings is 1. The van der Waals surface area contributed by atoms with Gasteiger partial charge in [0.05, 0.1) is 5.56 Å². The predicted molar refractivity (Wildman–Crippen MR) is 112 cm³/mol. The Labute approximate surface area is 186 Å². The third-order valence-corrected chi connectivity index (χ3v) is 7.31. The van der Waals surface area contributed by atoms with E-state index in [2.05, 4.69) is 0 Å². The first-order valence-corrected chi connectivity index (χ1v) is 10.8. The van der Waals surface area contributed by atoms with Gasteiger partial charge in [-0.2, -0.15) is 0 Å². The molecule has 1 saturated carbocycles. The fourth-order valence-corrected chi connectivity index (χ4v) is 5.90. The molecule has 0 bridgehead atoms. The van der Waals surface area contributed by atoms with Crippen molar-refractivity contribution in [2.24, 2.45) is 16.7 Å². The van der Waals surface area contributed by atoms with Gasteiger partial charge in [-0.3, -0.25) is 4.79 Å². The number of aromatic hydroxyl groups is 1. The van der Waals surface area contributed by atoms with E-state index in [4.69, 9.17) is 14.2 Å². The van der Waals surface area contributed by atoms with Gasteiger partial charge in [0.2, 0.25) is 0 Å². The zero-order chi connectivity index (χ0) is 23.1. The fraction of sp³-hybridized carbons (Fsp3) is 0.542. The van der Waals surface area contributed by atoms with Crippen molar-refractivity contribution in [2.75, 3.05) is 19.8 Å². The highest BCUT2D eigenvalue weighted by Gasteiger charge is 2.62. The summed E-state index contributed by atoms with van der Waals surface area (Å²) >= 11 is 0. The Kier molecular flexibility index (Phi) is 5.75. The van der Waals surface area contributed by atoms with E-state index >= 15 is 0 Å². The molecule has 0 radical (unpaired) electrons. The zero-order valence-electron chi connectivity index (χ0n) is 18.3. The van der Waals surface area contributed by atoms with Crippen LogP contribution in [-0.2, 0) is 23.8 Å². The van der Waals surface area contributed by atoms with Gasteiger partial charge < -0.3 is 24.4 Å². The van der Waals surface area contributed by atoms with Crippen molar-refractivity contribution in [3.63, 3.8) is 0 Å². The number of cyclic esters (lactones) is 1. The van der Waals surface area contributed by atoms with Crippen molar-refractivity contribution < 1.29 is 38.8 Å². The molecule has 8 nitrogen and oxygen atoms in total. The largest absolute Gasteiger partial charge is 0.508 e. The van der Waals surface area contributed by atoms with Gasteiger partial charge in [-0.1, -0.05) is 13.3 Å². The smallest absolute Gasteiger partial charge is 0.338 e. The van der Waals surface area contributed by atoms with E-state index in [0.29, 0.717) is 18.4 Å². The summed E-state index contributed by atoms with van der Waals surface area (Å²) in [5, 5.41) is 19.9. The number of aliphatic hydroxyl groups is 1. The molecule has 0 aromatic heterocycles. The lowest BCUT2D eigenvalue weighted by atomic mass is 9.48. The third-order valence-electron chi connectivity index (χ3n) is 7.31. The molecule has 0 saturated heterocycles. The summed E-state index contributed by atoms with van der Waals surface area (Å²) in [5.74, 6) is -1.81. The lowest BCUT2D eigenvalue weighted by Crippen LogP contribution is -2.58. The van der Waals surface area contributed by atoms with Crippen LogP contribution < -0.4 is 0 Å². The highest BCUT2D eigenvalue weighted by molar-refractivity contribution is 5.93. The lowest BCUT2D eigenvalue weighted by Gasteiger charge is -2.57. The molecule has 172 valence electrons. The second-order valence-electron chi connectivity index (χ2n) is 9.31. The molecule has 4 rings (SSSR count). The first-order valence-electron chi connectivity index (χ1n) is 10.8. The summed E-state index contributed by atoms with van der Waals surface area (Å²) in [7, 11) is 0. The van der Waals surface area contributed by atoms with Crippen LogP contribution in [0, 0.1) is 16.7 Å². The molecule has 1 fully saturated rings. The Morgan fingerprint density at radius 3 is 2.59 bits per heavy atom. The van der Waals surface area contributed by atoms with Crippen molar-refractivity contribution in [2.45, 2.75) is 45.6 Å². The third kappa shape index (κ3) is 3.66. The normalized spacial score (nSPS) is 31.4. The topological polar surface area (TPSA) is 119 Å². The van der Waals surface area contributed by atoms with Crippen LogP contribution in [0.4, 0.5) is 0 Å². The molecule has 3 aliphatic rings. The fourth-order valence-electron chi connectivity index (χ4n) is 5.90. The monoisotopic (exact) mass is 444 g/mol. The number of phenols is 1. The van der Waals surface area contributed by atoms with Crippen molar-refractivity contribution in [3.8, 4) is 5.75 Å². The summed E-state index contributed by atoms with van der Waals surface area (Å²) in [4.78, 5) is 37.2. The number of esters is 3. The Hall–Kier alpha value is -2.87. The molecule has 0 amide bonds. The van der Waals surface area contributed by atoms with E-state index in [9.17, 15) is 24.6 Å². The Bertz CT molecular complexity index is 965. The van der Waals surface area contributed by atoms with Gasteiger partial charge in [-0.25, -0.2) is 9.59 Å². The SMILES string of the molecule is CC(=O)OC[C@]12CCC[C@](C)(CO)[C@@H]1[C@H](OC(=O)c1ccc(O)cc1)CC1=C2COC1=O. The minimum Gasteiger partial charge on any atom is -0.508 e. The number of fused-ring (bicyclic) bond motifs is 2. The molecule has 1 aromatic carbocycles. The molecule has 8 heteroatoms. The van der Waals surface area contributed by atoms with Crippen LogP contribution in [0.15, 0.2) is 35.4 Å². The number of hydrogen-bond acceptors (Lipinski definition) is 8. The second kappa shape index (κ2) is 8.24. The van der Waals surface area contributed by atoms with Gasteiger partial charge in [-0.05, 0) is 48.1 Å². The number of phenolic OH excluding ortho intramolecular Hbond substituents is 1. The molecular weight excluding hydrogens is 416 g/mol. The maximum Gasteiger partial charge on any atom is 0.338 e. The van der Waals surface area contributed by atoms with Crippen molar-refractivity contribution in [1.29, 1.82) is 0 Å². The Morgan fingerprint density at radius 2 is 1.94 bits per heavy atom. The summed E-state index contributed by atoms with van der Waals surface area (Å²) in [6, 6.07) is 5.73. The molecule has 0 unspecified atom stereocenters. The molecule has 1 aromatic rings. The highest BCUT2D eigenvalue weighted by atomic mass is 16.6. The van der Waals surface area contributed by atoms with E-state index in [-0.39, 0.29) is 43.5 Å². The minimum absolute atomic E-state index is 0.0308. The summed E-state index contributed by atoms with van der Waals surface area (Å²) < 4.78 is 16.8. The van der Waals surface area contributed by atoms with Crippen molar-refractivity contribution in [3.05, 3.63) is 41.0 Å². The van der Waals surface area contributed by atoms with Crippen LogP contribution >= 0.6 is 0 Å². The number of carbonyl (C=O) groups excluding carboxylic acids is 3. The average Bonchev–Trinajstić information content (AvgIpc) is 3.14. The number of rotatable bonds is 5. The van der Waals surface area contributed by atoms with E-state index in [1.165, 1.54) is 31.2 Å². The molecule has 2 aliphatic carbocycles. The first kappa shape index (κ1) is 22.3.